The van der Waals surface area contributed by atoms with Crippen molar-refractivity contribution in [3.63, 3.8) is 0 Å². The minimum absolute atomic E-state index is 0.540. The number of carbonyl (C=O) groups is 2. The number of hydrogen-bond donors (Lipinski definition) is 3. The van der Waals surface area contributed by atoms with Gasteiger partial charge in [0.25, 0.3) is 0 Å². The van der Waals surface area contributed by atoms with Crippen LogP contribution >= 0.6 is 0 Å². The van der Waals surface area contributed by atoms with Gasteiger partial charge < -0.3 is 15.5 Å². The van der Waals surface area contributed by atoms with E-state index in [9.17, 15) is 9.59 Å². The highest BCUT2D eigenvalue weighted by atomic mass is 16.4. The molecule has 4 rings (SSSR count). The molecule has 0 aromatic heterocycles. The quantitative estimate of drug-likeness (QED) is 0.728. The van der Waals surface area contributed by atoms with Gasteiger partial charge in [0.15, 0.2) is 0 Å². The largest absolute Gasteiger partial charge is 0.478 e. The summed E-state index contributed by atoms with van der Waals surface area (Å²) in [5.74, 6) is 0.206. The Morgan fingerprint density at radius 1 is 1.20 bits per heavy atom. The smallest absolute Gasteiger partial charge is 0.328 e. The zero-order chi connectivity index (χ0) is 17.8. The number of nitrogens with one attached hydrogen (secondary N) is 1. The molecule has 1 aromatic carbocycles. The molecule has 3 aliphatic rings. The molecule has 0 spiro atoms. The van der Waals surface area contributed by atoms with Gasteiger partial charge in [-0.15, -0.1) is 0 Å². The molecule has 3 N–H and O–H groups in total. The Kier molecular flexibility index (Phi) is 5.16. The first-order chi connectivity index (χ1) is 12.1. The Balaban J connectivity index is 0.000000197. The maximum atomic E-state index is 9.55. The molecule has 0 amide bonds. The fourth-order valence-corrected chi connectivity index (χ4v) is 4.03. The van der Waals surface area contributed by atoms with Crippen molar-refractivity contribution in [3.05, 3.63) is 47.5 Å². The number of nitrogens with zero attached hydrogens (tertiary/aromatic N) is 1. The van der Waals surface area contributed by atoms with E-state index in [1.165, 1.54) is 19.3 Å². The molecule has 2 aliphatic carbocycles. The normalized spacial score (nSPS) is 28.3. The fraction of sp³-hybridized carbons (Fsp3) is 0.421. The van der Waals surface area contributed by atoms with Gasteiger partial charge in [-0.05, 0) is 48.1 Å². The third-order valence-corrected chi connectivity index (χ3v) is 5.14. The minimum atomic E-state index is -1.26. The first kappa shape index (κ1) is 17.2. The van der Waals surface area contributed by atoms with Crippen LogP contribution in [0.3, 0.4) is 0 Å². The van der Waals surface area contributed by atoms with Gasteiger partial charge in [0.2, 0.25) is 0 Å². The molecular formula is C19H22N2O4. The van der Waals surface area contributed by atoms with Crippen molar-refractivity contribution in [1.82, 2.24) is 5.32 Å². The second-order valence-corrected chi connectivity index (χ2v) is 6.68. The van der Waals surface area contributed by atoms with Crippen molar-refractivity contribution in [2.75, 3.05) is 6.54 Å². The molecule has 1 fully saturated rings. The number of benzene rings is 1. The van der Waals surface area contributed by atoms with Gasteiger partial charge in [-0.1, -0.05) is 24.3 Å². The number of aryl methyl sites for hydroxylation is 1. The van der Waals surface area contributed by atoms with E-state index >= 15 is 0 Å². The van der Waals surface area contributed by atoms with Gasteiger partial charge in [-0.2, -0.15) is 0 Å². The van der Waals surface area contributed by atoms with Crippen molar-refractivity contribution >= 4 is 18.3 Å². The molecule has 1 unspecified atom stereocenters. The van der Waals surface area contributed by atoms with Crippen molar-refractivity contribution in [2.45, 2.75) is 31.2 Å². The zero-order valence-electron chi connectivity index (χ0n) is 13.8. The summed E-state index contributed by atoms with van der Waals surface area (Å²) in [4.78, 5) is 23.6. The topological polar surface area (TPSA) is 99.0 Å². The van der Waals surface area contributed by atoms with Gasteiger partial charge in [-0.25, -0.2) is 9.59 Å². The predicted octanol–water partition coefficient (Wildman–Crippen LogP) is 2.06. The number of rotatable bonds is 4. The van der Waals surface area contributed by atoms with E-state index in [0.717, 1.165) is 24.3 Å². The summed E-state index contributed by atoms with van der Waals surface area (Å²) in [6, 6.07) is 9.59. The van der Waals surface area contributed by atoms with Crippen molar-refractivity contribution in [1.29, 1.82) is 0 Å². The Hall–Kier alpha value is -2.63. The second kappa shape index (κ2) is 7.51. The van der Waals surface area contributed by atoms with Crippen LogP contribution in [-0.4, -0.2) is 41.1 Å². The lowest BCUT2D eigenvalue weighted by molar-refractivity contribution is -0.134. The number of carboxylic acid groups (broad SMARTS) is 2. The van der Waals surface area contributed by atoms with E-state index in [0.29, 0.717) is 18.2 Å². The SMILES string of the molecule is C1=N[C@@H](CC2[C@H]3CCc4ccccc4[C@H]23)CN1.O=C(O)/C=C/C(=O)O. The van der Waals surface area contributed by atoms with Crippen molar-refractivity contribution in [2.24, 2.45) is 16.8 Å². The molecule has 132 valence electrons. The monoisotopic (exact) mass is 342 g/mol. The number of fused-ring (bicyclic) bond motifs is 3. The van der Waals surface area contributed by atoms with E-state index in [1.807, 2.05) is 6.34 Å². The molecule has 25 heavy (non-hydrogen) atoms. The van der Waals surface area contributed by atoms with Crippen LogP contribution in [0.2, 0.25) is 0 Å². The fourth-order valence-electron chi connectivity index (χ4n) is 4.03. The lowest BCUT2D eigenvalue weighted by atomic mass is 9.92. The first-order valence-electron chi connectivity index (χ1n) is 8.53. The Labute approximate surface area is 146 Å². The molecule has 4 atom stereocenters. The summed E-state index contributed by atoms with van der Waals surface area (Å²) >= 11 is 0. The third kappa shape index (κ3) is 4.26. The van der Waals surface area contributed by atoms with E-state index in [-0.39, 0.29) is 0 Å². The Morgan fingerprint density at radius 2 is 1.92 bits per heavy atom. The van der Waals surface area contributed by atoms with Gasteiger partial charge in [0, 0.05) is 18.7 Å². The molecule has 0 radical (unpaired) electrons. The molecule has 6 heteroatoms. The van der Waals surface area contributed by atoms with Crippen LogP contribution in [0, 0.1) is 11.8 Å². The summed E-state index contributed by atoms with van der Waals surface area (Å²) in [5.41, 5.74) is 3.24. The van der Waals surface area contributed by atoms with Crippen LogP contribution in [0.15, 0.2) is 41.4 Å². The highest BCUT2D eigenvalue weighted by Crippen LogP contribution is 2.61. The maximum absolute atomic E-state index is 9.55. The van der Waals surface area contributed by atoms with Crippen molar-refractivity contribution < 1.29 is 19.8 Å². The average Bonchev–Trinajstić information content (AvgIpc) is 3.04. The maximum Gasteiger partial charge on any atom is 0.328 e. The molecule has 1 heterocycles. The predicted molar refractivity (Wildman–Crippen MR) is 93.8 cm³/mol. The highest BCUT2D eigenvalue weighted by molar-refractivity contribution is 5.89. The van der Waals surface area contributed by atoms with Gasteiger partial charge in [0.1, 0.15) is 0 Å². The van der Waals surface area contributed by atoms with Crippen LogP contribution < -0.4 is 5.32 Å². The van der Waals surface area contributed by atoms with E-state index < -0.39 is 11.9 Å². The summed E-state index contributed by atoms with van der Waals surface area (Å²) in [6.07, 6.45) is 6.97. The Bertz CT molecular complexity index is 697. The number of aliphatic carboxylic acids is 2. The van der Waals surface area contributed by atoms with Crippen LogP contribution in [0.4, 0.5) is 0 Å². The summed E-state index contributed by atoms with van der Waals surface area (Å²) in [6.45, 7) is 1.05. The van der Waals surface area contributed by atoms with Crippen LogP contribution in [0.1, 0.15) is 29.9 Å². The molecular weight excluding hydrogens is 320 g/mol. The van der Waals surface area contributed by atoms with E-state index in [4.69, 9.17) is 10.2 Å². The summed E-state index contributed by atoms with van der Waals surface area (Å²) < 4.78 is 0. The minimum Gasteiger partial charge on any atom is -0.478 e. The number of aliphatic imine (C=N–C) groups is 1. The molecule has 0 bridgehead atoms. The average molecular weight is 342 g/mol. The Morgan fingerprint density at radius 3 is 2.56 bits per heavy atom. The third-order valence-electron chi connectivity index (χ3n) is 5.14. The van der Waals surface area contributed by atoms with Gasteiger partial charge in [-0.3, -0.25) is 4.99 Å². The molecule has 1 aromatic rings. The van der Waals surface area contributed by atoms with Gasteiger partial charge >= 0.3 is 11.9 Å². The van der Waals surface area contributed by atoms with Crippen LogP contribution in [0.5, 0.6) is 0 Å². The lowest BCUT2D eigenvalue weighted by Crippen LogP contribution is -2.16. The number of carboxylic acids is 2. The number of hydrogen-bond acceptors (Lipinski definition) is 4. The standard InChI is InChI=1S/C15H18N2.C4H4O4/c1-2-4-12-10(3-1)5-6-13-14(15(12)13)7-11-8-16-9-17-11;5-3(6)1-2-4(7)8/h1-4,9,11,13-15H,5-8H2,(H,16,17);1-2H,(H,5,6)(H,7,8)/b;2-1+/t11-,13+,14?,15-;/m0./s1. The van der Waals surface area contributed by atoms with Crippen molar-refractivity contribution in [3.8, 4) is 0 Å². The lowest BCUT2D eigenvalue weighted by Gasteiger charge is -2.13. The van der Waals surface area contributed by atoms with E-state index in [1.54, 1.807) is 11.1 Å². The summed E-state index contributed by atoms with van der Waals surface area (Å²) in [7, 11) is 0. The van der Waals surface area contributed by atoms with E-state index in [2.05, 4.69) is 34.6 Å². The first-order valence-corrected chi connectivity index (χ1v) is 8.53. The van der Waals surface area contributed by atoms with Crippen LogP contribution in [0.25, 0.3) is 0 Å². The molecule has 6 nitrogen and oxygen atoms in total. The second-order valence-electron chi connectivity index (χ2n) is 6.68. The van der Waals surface area contributed by atoms with Gasteiger partial charge in [0.05, 0.1) is 12.4 Å². The molecule has 0 saturated heterocycles. The zero-order valence-corrected chi connectivity index (χ0v) is 13.8. The molecule has 1 saturated carbocycles. The van der Waals surface area contributed by atoms with Crippen LogP contribution in [-0.2, 0) is 16.0 Å². The highest BCUT2D eigenvalue weighted by Gasteiger charge is 2.53. The summed E-state index contributed by atoms with van der Waals surface area (Å²) in [5, 5.41) is 18.8. The molecule has 1 aliphatic heterocycles.